The zero-order chi connectivity index (χ0) is 11.5. The van der Waals surface area contributed by atoms with Gasteiger partial charge in [0.05, 0.1) is 5.69 Å². The van der Waals surface area contributed by atoms with Crippen molar-refractivity contribution in [1.29, 1.82) is 0 Å². The van der Waals surface area contributed by atoms with Gasteiger partial charge in [-0.15, -0.1) is 0 Å². The first-order chi connectivity index (χ1) is 7.74. The lowest BCUT2D eigenvalue weighted by Crippen LogP contribution is -1.83. The maximum atomic E-state index is 5.63. The molecule has 1 heterocycles. The summed E-state index contributed by atoms with van der Waals surface area (Å²) in [5.74, 6) is 2.38. The summed E-state index contributed by atoms with van der Waals surface area (Å²) >= 11 is 4.23. The molecule has 3 heteroatoms. The zero-order valence-corrected chi connectivity index (χ0v) is 10.4. The van der Waals surface area contributed by atoms with Gasteiger partial charge in [0.1, 0.15) is 5.76 Å². The van der Waals surface area contributed by atoms with Crippen LogP contribution >= 0.6 is 12.6 Å². The van der Waals surface area contributed by atoms with E-state index < -0.39 is 0 Å². The molecule has 1 aromatic heterocycles. The Balaban J connectivity index is 2.34. The van der Waals surface area contributed by atoms with Crippen molar-refractivity contribution in [2.75, 3.05) is 0 Å². The van der Waals surface area contributed by atoms with Gasteiger partial charge in [0, 0.05) is 11.3 Å². The van der Waals surface area contributed by atoms with Crippen LogP contribution in [0.15, 0.2) is 28.7 Å². The fourth-order valence-electron chi connectivity index (χ4n) is 1.63. The molecule has 0 aliphatic rings. The molecule has 0 aliphatic carbocycles. The van der Waals surface area contributed by atoms with E-state index in [1.165, 1.54) is 5.56 Å². The first-order valence-electron chi connectivity index (χ1n) is 5.41. The van der Waals surface area contributed by atoms with Crippen LogP contribution in [0.2, 0.25) is 0 Å². The molecule has 0 unspecified atom stereocenters. The molecule has 0 amide bonds. The minimum absolute atomic E-state index is 0.708. The smallest absolute Gasteiger partial charge is 0.226 e. The molecule has 16 heavy (non-hydrogen) atoms. The van der Waals surface area contributed by atoms with E-state index in [1.54, 1.807) is 0 Å². The van der Waals surface area contributed by atoms with Gasteiger partial charge in [-0.2, -0.15) is 12.6 Å². The number of hydrogen-bond acceptors (Lipinski definition) is 3. The summed E-state index contributed by atoms with van der Waals surface area (Å²) in [6, 6.07) is 8.15. The molecule has 0 radical (unpaired) electrons. The Bertz CT molecular complexity index is 473. The Labute approximate surface area is 101 Å². The highest BCUT2D eigenvalue weighted by Gasteiger charge is 2.09. The highest BCUT2D eigenvalue weighted by atomic mass is 32.1. The van der Waals surface area contributed by atoms with E-state index >= 15 is 0 Å². The number of rotatable bonds is 3. The SMILES string of the molecule is CCc1nc(-c2ccc(CS)cc2)oc1C. The van der Waals surface area contributed by atoms with Gasteiger partial charge in [0.15, 0.2) is 0 Å². The number of benzene rings is 1. The van der Waals surface area contributed by atoms with Gasteiger partial charge in [-0.3, -0.25) is 0 Å². The molecule has 0 aliphatic heterocycles. The minimum Gasteiger partial charge on any atom is -0.441 e. The Morgan fingerprint density at radius 2 is 1.94 bits per heavy atom. The summed E-state index contributed by atoms with van der Waals surface area (Å²) in [6.45, 7) is 4.04. The summed E-state index contributed by atoms with van der Waals surface area (Å²) < 4.78 is 5.63. The predicted molar refractivity (Wildman–Crippen MR) is 68.7 cm³/mol. The lowest BCUT2D eigenvalue weighted by atomic mass is 10.1. The van der Waals surface area contributed by atoms with E-state index in [-0.39, 0.29) is 0 Å². The second-order valence-electron chi connectivity index (χ2n) is 3.73. The van der Waals surface area contributed by atoms with Crippen LogP contribution in [-0.2, 0) is 12.2 Å². The van der Waals surface area contributed by atoms with Crippen molar-refractivity contribution in [2.24, 2.45) is 0 Å². The summed E-state index contributed by atoms with van der Waals surface area (Å²) in [7, 11) is 0. The third kappa shape index (κ3) is 2.14. The maximum absolute atomic E-state index is 5.63. The number of thiol groups is 1. The molecule has 0 fully saturated rings. The van der Waals surface area contributed by atoms with Gasteiger partial charge in [-0.25, -0.2) is 4.98 Å². The van der Waals surface area contributed by atoms with Crippen molar-refractivity contribution in [1.82, 2.24) is 4.98 Å². The minimum atomic E-state index is 0.708. The summed E-state index contributed by atoms with van der Waals surface area (Å²) in [6.07, 6.45) is 0.907. The molecule has 0 atom stereocenters. The fraction of sp³-hybridized carbons (Fsp3) is 0.308. The molecule has 0 bridgehead atoms. The zero-order valence-electron chi connectivity index (χ0n) is 9.53. The average molecular weight is 233 g/mol. The van der Waals surface area contributed by atoms with Crippen molar-refractivity contribution < 1.29 is 4.42 Å². The largest absolute Gasteiger partial charge is 0.441 e. The number of hydrogen-bond donors (Lipinski definition) is 1. The van der Waals surface area contributed by atoms with Crippen LogP contribution in [0.4, 0.5) is 0 Å². The Morgan fingerprint density at radius 3 is 2.44 bits per heavy atom. The molecule has 0 saturated heterocycles. The summed E-state index contributed by atoms with van der Waals surface area (Å²) in [5.41, 5.74) is 3.26. The molecule has 0 N–H and O–H groups in total. The summed E-state index contributed by atoms with van der Waals surface area (Å²) in [4.78, 5) is 4.47. The van der Waals surface area contributed by atoms with Crippen LogP contribution in [0.25, 0.3) is 11.5 Å². The first kappa shape index (κ1) is 11.3. The third-order valence-corrected chi connectivity index (χ3v) is 2.98. The number of aryl methyl sites for hydroxylation is 2. The average Bonchev–Trinajstić information content (AvgIpc) is 2.71. The lowest BCUT2D eigenvalue weighted by Gasteiger charge is -1.97. The Kier molecular flexibility index (Phi) is 3.34. The van der Waals surface area contributed by atoms with Crippen molar-refractivity contribution >= 4 is 12.6 Å². The van der Waals surface area contributed by atoms with Gasteiger partial charge < -0.3 is 4.42 Å². The number of oxazole rings is 1. The van der Waals surface area contributed by atoms with Crippen molar-refractivity contribution in [3.63, 3.8) is 0 Å². The van der Waals surface area contributed by atoms with Crippen LogP contribution in [0, 0.1) is 6.92 Å². The molecule has 84 valence electrons. The van der Waals surface area contributed by atoms with E-state index in [4.69, 9.17) is 4.42 Å². The first-order valence-corrected chi connectivity index (χ1v) is 6.04. The van der Waals surface area contributed by atoms with Crippen molar-refractivity contribution in [2.45, 2.75) is 26.0 Å². The van der Waals surface area contributed by atoms with Crippen molar-refractivity contribution in [3.8, 4) is 11.5 Å². The van der Waals surface area contributed by atoms with Crippen LogP contribution < -0.4 is 0 Å². The predicted octanol–water partition coefficient (Wildman–Crippen LogP) is 3.64. The molecule has 2 aromatic rings. The quantitative estimate of drug-likeness (QED) is 0.819. The van der Waals surface area contributed by atoms with Gasteiger partial charge >= 0.3 is 0 Å². The van der Waals surface area contributed by atoms with Crippen LogP contribution in [-0.4, -0.2) is 4.98 Å². The number of aromatic nitrogens is 1. The highest BCUT2D eigenvalue weighted by molar-refractivity contribution is 7.79. The van der Waals surface area contributed by atoms with Crippen molar-refractivity contribution in [3.05, 3.63) is 41.3 Å². The molecular weight excluding hydrogens is 218 g/mol. The molecule has 0 spiro atoms. The van der Waals surface area contributed by atoms with Crippen LogP contribution in [0.1, 0.15) is 23.9 Å². The standard InChI is InChI=1S/C13H15NOS/c1-3-12-9(2)15-13(14-12)11-6-4-10(8-16)5-7-11/h4-7,16H,3,8H2,1-2H3. The fourth-order valence-corrected chi connectivity index (χ4v) is 1.84. The van der Waals surface area contributed by atoms with Gasteiger partial charge in [-0.05, 0) is 31.0 Å². The second-order valence-corrected chi connectivity index (χ2v) is 4.05. The molecule has 1 aromatic carbocycles. The van der Waals surface area contributed by atoms with Gasteiger partial charge in [0.2, 0.25) is 5.89 Å². The van der Waals surface area contributed by atoms with E-state index in [9.17, 15) is 0 Å². The highest BCUT2D eigenvalue weighted by Crippen LogP contribution is 2.22. The molecule has 2 nitrogen and oxygen atoms in total. The van der Waals surface area contributed by atoms with E-state index in [2.05, 4.69) is 24.5 Å². The van der Waals surface area contributed by atoms with Gasteiger partial charge in [-0.1, -0.05) is 19.1 Å². The van der Waals surface area contributed by atoms with E-state index in [1.807, 2.05) is 31.2 Å². The summed E-state index contributed by atoms with van der Waals surface area (Å²) in [5, 5.41) is 0. The van der Waals surface area contributed by atoms with Crippen LogP contribution in [0.5, 0.6) is 0 Å². The number of nitrogens with zero attached hydrogens (tertiary/aromatic N) is 1. The maximum Gasteiger partial charge on any atom is 0.226 e. The van der Waals surface area contributed by atoms with E-state index in [0.29, 0.717) is 5.89 Å². The van der Waals surface area contributed by atoms with E-state index in [0.717, 1.165) is 29.2 Å². The second kappa shape index (κ2) is 4.74. The monoisotopic (exact) mass is 233 g/mol. The Hall–Kier alpha value is -1.22. The molecule has 2 rings (SSSR count). The Morgan fingerprint density at radius 1 is 1.25 bits per heavy atom. The van der Waals surface area contributed by atoms with Gasteiger partial charge in [0.25, 0.3) is 0 Å². The molecule has 0 saturated carbocycles. The molecular formula is C13H15NOS. The topological polar surface area (TPSA) is 26.0 Å². The lowest BCUT2D eigenvalue weighted by molar-refractivity contribution is 0.539. The third-order valence-electron chi connectivity index (χ3n) is 2.61. The normalized spacial score (nSPS) is 10.7. The van der Waals surface area contributed by atoms with Crippen LogP contribution in [0.3, 0.4) is 0 Å².